The number of carbonyl (C=O) groups excluding carboxylic acids is 1. The van der Waals surface area contributed by atoms with Crippen LogP contribution in [0.5, 0.6) is 0 Å². The molecule has 1 aromatic carbocycles. The van der Waals surface area contributed by atoms with Gasteiger partial charge in [-0.1, -0.05) is 41.6 Å². The van der Waals surface area contributed by atoms with Gasteiger partial charge in [-0.15, -0.1) is 0 Å². The van der Waals surface area contributed by atoms with Crippen LogP contribution in [0.2, 0.25) is 5.15 Å². The van der Waals surface area contributed by atoms with Crippen LogP contribution < -0.4 is 5.73 Å². The lowest BCUT2D eigenvalue weighted by Crippen LogP contribution is -2.13. The average Bonchev–Trinajstić information content (AvgIpc) is 3.02. The Morgan fingerprint density at radius 3 is 2.64 bits per heavy atom. The molecular weight excluding hydrogens is 360 g/mol. The third kappa shape index (κ3) is 3.16. The molecule has 3 aromatic rings. The molecule has 0 radical (unpaired) electrons. The number of pyridine rings is 1. The van der Waals surface area contributed by atoms with E-state index in [0.29, 0.717) is 11.3 Å². The summed E-state index contributed by atoms with van der Waals surface area (Å²) >= 11 is 7.10. The van der Waals surface area contributed by atoms with Crippen LogP contribution in [0.4, 0.5) is 0 Å². The zero-order valence-corrected chi connectivity index (χ0v) is 14.2. The van der Waals surface area contributed by atoms with Crippen molar-refractivity contribution in [2.24, 2.45) is 5.73 Å². The van der Waals surface area contributed by atoms with Crippen molar-refractivity contribution in [1.29, 1.82) is 10.5 Å². The first-order valence-corrected chi connectivity index (χ1v) is 8.35. The van der Waals surface area contributed by atoms with Crippen molar-refractivity contribution in [2.75, 3.05) is 5.75 Å². The number of hydrogen-bond donors (Lipinski definition) is 1. The van der Waals surface area contributed by atoms with Crippen molar-refractivity contribution in [3.63, 3.8) is 0 Å². The number of nitriles is 2. The van der Waals surface area contributed by atoms with Gasteiger partial charge in [0, 0.05) is 5.39 Å². The molecule has 8 heteroatoms. The predicted molar refractivity (Wildman–Crippen MR) is 93.8 cm³/mol. The van der Waals surface area contributed by atoms with Crippen LogP contribution >= 0.6 is 23.4 Å². The Hall–Kier alpha value is -3.00. The third-order valence-electron chi connectivity index (χ3n) is 3.37. The molecule has 0 fully saturated rings. The van der Waals surface area contributed by atoms with Crippen LogP contribution in [-0.4, -0.2) is 16.6 Å². The quantitative estimate of drug-likeness (QED) is 0.556. The molecule has 25 heavy (non-hydrogen) atoms. The molecule has 122 valence electrons. The maximum atomic E-state index is 11.0. The van der Waals surface area contributed by atoms with Gasteiger partial charge < -0.3 is 10.2 Å². The summed E-state index contributed by atoms with van der Waals surface area (Å²) in [5, 5.41) is 20.0. The number of furan rings is 1. The summed E-state index contributed by atoms with van der Waals surface area (Å²) in [6.45, 7) is 0. The molecule has 0 aliphatic carbocycles. The molecule has 1 amide bonds. The van der Waals surface area contributed by atoms with Gasteiger partial charge in [-0.25, -0.2) is 4.98 Å². The average molecular weight is 369 g/mol. The zero-order chi connectivity index (χ0) is 18.0. The second kappa shape index (κ2) is 6.86. The summed E-state index contributed by atoms with van der Waals surface area (Å²) in [6.07, 6.45) is 0. The van der Waals surface area contributed by atoms with Crippen molar-refractivity contribution >= 4 is 40.2 Å². The monoisotopic (exact) mass is 368 g/mol. The smallest absolute Gasteiger partial charge is 0.227 e. The molecular formula is C17H9ClN4O2S. The Morgan fingerprint density at radius 2 is 2.00 bits per heavy atom. The highest BCUT2D eigenvalue weighted by atomic mass is 35.5. The molecule has 2 N–H and O–H groups in total. The fourth-order valence-electron chi connectivity index (χ4n) is 2.34. The molecule has 0 bridgehead atoms. The lowest BCUT2D eigenvalue weighted by Gasteiger charge is -2.09. The first-order valence-electron chi connectivity index (χ1n) is 6.99. The largest absolute Gasteiger partial charge is 0.456 e. The Balaban J connectivity index is 2.27. The number of carbonyl (C=O) groups is 1. The summed E-state index contributed by atoms with van der Waals surface area (Å²) in [5.74, 6) is -0.287. The van der Waals surface area contributed by atoms with E-state index < -0.39 is 5.91 Å². The summed E-state index contributed by atoms with van der Waals surface area (Å²) < 4.78 is 5.79. The normalized spacial score (nSPS) is 10.4. The number of benzene rings is 1. The summed E-state index contributed by atoms with van der Waals surface area (Å²) in [7, 11) is 0. The third-order valence-corrected chi connectivity index (χ3v) is 4.64. The molecule has 0 aliphatic rings. The molecule has 0 unspecified atom stereocenters. The molecule has 2 heterocycles. The van der Waals surface area contributed by atoms with Crippen LogP contribution in [0, 0.1) is 22.7 Å². The Kier molecular flexibility index (Phi) is 4.62. The molecule has 3 rings (SSSR count). The molecule has 0 atom stereocenters. The summed E-state index contributed by atoms with van der Waals surface area (Å²) in [5.41, 5.74) is 6.18. The lowest BCUT2D eigenvalue weighted by atomic mass is 10.0. The van der Waals surface area contributed by atoms with Crippen LogP contribution in [-0.2, 0) is 4.79 Å². The number of nitrogens with two attached hydrogens (primary N) is 1. The van der Waals surface area contributed by atoms with Crippen molar-refractivity contribution in [2.45, 2.75) is 5.03 Å². The van der Waals surface area contributed by atoms with Gasteiger partial charge >= 0.3 is 0 Å². The van der Waals surface area contributed by atoms with E-state index in [2.05, 4.69) is 4.98 Å². The van der Waals surface area contributed by atoms with Gasteiger partial charge in [-0.3, -0.25) is 4.79 Å². The minimum Gasteiger partial charge on any atom is -0.456 e. The number of fused-ring (bicyclic) bond motifs is 1. The van der Waals surface area contributed by atoms with Crippen molar-refractivity contribution < 1.29 is 9.21 Å². The van der Waals surface area contributed by atoms with Gasteiger partial charge in [0.1, 0.15) is 39.2 Å². The van der Waals surface area contributed by atoms with Crippen molar-refractivity contribution in [3.05, 3.63) is 46.6 Å². The van der Waals surface area contributed by atoms with E-state index in [1.807, 2.05) is 30.3 Å². The number of primary amides is 1. The van der Waals surface area contributed by atoms with E-state index >= 15 is 0 Å². The van der Waals surface area contributed by atoms with Crippen LogP contribution in [0.25, 0.3) is 22.3 Å². The number of hydrogen-bond acceptors (Lipinski definition) is 6. The van der Waals surface area contributed by atoms with Gasteiger partial charge in [0.25, 0.3) is 0 Å². The van der Waals surface area contributed by atoms with Gasteiger partial charge in [-0.2, -0.15) is 10.5 Å². The van der Waals surface area contributed by atoms with E-state index in [4.69, 9.17) is 21.8 Å². The molecule has 6 nitrogen and oxygen atoms in total. The van der Waals surface area contributed by atoms with Crippen LogP contribution in [0.3, 0.4) is 0 Å². The van der Waals surface area contributed by atoms with Gasteiger partial charge in [-0.05, 0) is 12.1 Å². The maximum absolute atomic E-state index is 11.0. The number of nitrogens with zero attached hydrogens (tertiary/aromatic N) is 3. The Morgan fingerprint density at radius 1 is 1.28 bits per heavy atom. The highest BCUT2D eigenvalue weighted by Gasteiger charge is 2.23. The van der Waals surface area contributed by atoms with Gasteiger partial charge in [0.2, 0.25) is 5.91 Å². The number of amides is 1. The Labute approximate surface area is 151 Å². The van der Waals surface area contributed by atoms with Crippen LogP contribution in [0.15, 0.2) is 39.8 Å². The van der Waals surface area contributed by atoms with E-state index in [1.165, 1.54) is 0 Å². The number of para-hydroxylation sites is 1. The first kappa shape index (κ1) is 16.8. The highest BCUT2D eigenvalue weighted by Crippen LogP contribution is 2.38. The second-order valence-electron chi connectivity index (χ2n) is 4.96. The number of halogens is 1. The number of rotatable bonds is 4. The minimum absolute atomic E-state index is 0.0423. The van der Waals surface area contributed by atoms with Crippen molar-refractivity contribution in [1.82, 2.24) is 4.98 Å². The van der Waals surface area contributed by atoms with E-state index in [-0.39, 0.29) is 32.6 Å². The fourth-order valence-corrected chi connectivity index (χ4v) is 3.34. The Bertz CT molecular complexity index is 1050. The standard InChI is InChI=1S/C17H9ClN4O2S/c18-16-10(6-19)15(11(7-20)17(22-16)25-8-14(21)23)13-5-9-3-1-2-4-12(9)24-13/h1-5H,8H2,(H2,21,23). The maximum Gasteiger partial charge on any atom is 0.227 e. The topological polar surface area (TPSA) is 117 Å². The molecule has 0 saturated carbocycles. The first-order chi connectivity index (χ1) is 12.0. The highest BCUT2D eigenvalue weighted by molar-refractivity contribution is 8.00. The van der Waals surface area contributed by atoms with E-state index in [0.717, 1.165) is 17.1 Å². The molecule has 0 spiro atoms. The zero-order valence-electron chi connectivity index (χ0n) is 12.6. The lowest BCUT2D eigenvalue weighted by molar-refractivity contribution is -0.115. The van der Waals surface area contributed by atoms with E-state index in [1.54, 1.807) is 12.1 Å². The van der Waals surface area contributed by atoms with Gasteiger partial charge in [0.05, 0.1) is 16.9 Å². The summed E-state index contributed by atoms with van der Waals surface area (Å²) in [6, 6.07) is 13.0. The molecule has 0 saturated heterocycles. The van der Waals surface area contributed by atoms with Gasteiger partial charge in [0.15, 0.2) is 0 Å². The molecule has 0 aliphatic heterocycles. The SMILES string of the molecule is N#Cc1c(Cl)nc(SCC(N)=O)c(C#N)c1-c1cc2ccccc2o1. The van der Waals surface area contributed by atoms with E-state index in [9.17, 15) is 15.3 Å². The minimum atomic E-state index is -0.554. The fraction of sp³-hybridized carbons (Fsp3) is 0.0588. The summed E-state index contributed by atoms with van der Waals surface area (Å²) in [4.78, 5) is 15.1. The number of aromatic nitrogens is 1. The molecule has 2 aromatic heterocycles. The predicted octanol–water partition coefficient (Wildman–Crippen LogP) is 3.47. The van der Waals surface area contributed by atoms with Crippen LogP contribution in [0.1, 0.15) is 11.1 Å². The van der Waals surface area contributed by atoms with Crippen molar-refractivity contribution in [3.8, 4) is 23.5 Å². The second-order valence-corrected chi connectivity index (χ2v) is 6.28. The number of thioether (sulfide) groups is 1.